The molecule has 114 valence electrons. The van der Waals surface area contributed by atoms with Gasteiger partial charge in [-0.25, -0.2) is 9.59 Å². The van der Waals surface area contributed by atoms with Crippen LogP contribution in [0.15, 0.2) is 24.3 Å². The highest BCUT2D eigenvalue weighted by molar-refractivity contribution is 5.94. The van der Waals surface area contributed by atoms with E-state index in [2.05, 4.69) is 10.6 Å². The predicted molar refractivity (Wildman–Crippen MR) is 81.3 cm³/mol. The molecule has 2 amide bonds. The molecule has 0 heterocycles. The van der Waals surface area contributed by atoms with E-state index >= 15 is 0 Å². The number of benzene rings is 1. The molecule has 1 aromatic rings. The Morgan fingerprint density at radius 1 is 1.38 bits per heavy atom. The molecule has 2 atom stereocenters. The van der Waals surface area contributed by atoms with Crippen molar-refractivity contribution < 1.29 is 14.7 Å². The average Bonchev–Trinajstić information content (AvgIpc) is 2.38. The topological polar surface area (TPSA) is 78.4 Å². The molecule has 1 aliphatic carbocycles. The summed E-state index contributed by atoms with van der Waals surface area (Å²) in [7, 11) is 0. The number of carboxylic acid groups (broad SMARTS) is 1. The zero-order valence-electron chi connectivity index (χ0n) is 12.5. The first-order chi connectivity index (χ1) is 9.91. The van der Waals surface area contributed by atoms with Crippen molar-refractivity contribution in [2.24, 2.45) is 5.92 Å². The predicted octanol–water partition coefficient (Wildman–Crippen LogP) is 3.15. The lowest BCUT2D eigenvalue weighted by Gasteiger charge is -2.37. The summed E-state index contributed by atoms with van der Waals surface area (Å²) in [6.07, 6.45) is 2.78. The summed E-state index contributed by atoms with van der Waals surface area (Å²) in [5, 5.41) is 14.9. The maximum absolute atomic E-state index is 12.1. The molecule has 0 spiro atoms. The van der Waals surface area contributed by atoms with Crippen molar-refractivity contribution in [3.05, 3.63) is 29.8 Å². The van der Waals surface area contributed by atoms with E-state index in [9.17, 15) is 14.7 Å². The first-order valence-corrected chi connectivity index (χ1v) is 7.30. The number of aliphatic carboxylic acids is 1. The van der Waals surface area contributed by atoms with Crippen LogP contribution in [-0.4, -0.2) is 22.6 Å². The normalized spacial score (nSPS) is 25.1. The summed E-state index contributed by atoms with van der Waals surface area (Å²) in [5.74, 6) is -0.650. The molecule has 1 aliphatic rings. The van der Waals surface area contributed by atoms with Crippen LogP contribution in [-0.2, 0) is 4.79 Å². The number of carbonyl (C=O) groups is 2. The Balaban J connectivity index is 2.07. The zero-order valence-corrected chi connectivity index (χ0v) is 12.5. The van der Waals surface area contributed by atoms with E-state index in [1.807, 2.05) is 32.0 Å². The van der Waals surface area contributed by atoms with Crippen molar-refractivity contribution in [1.29, 1.82) is 0 Å². The van der Waals surface area contributed by atoms with E-state index in [1.165, 1.54) is 0 Å². The number of urea groups is 1. The number of anilines is 1. The van der Waals surface area contributed by atoms with Crippen molar-refractivity contribution >= 4 is 17.7 Å². The molecular weight excluding hydrogens is 268 g/mol. The number of nitrogens with one attached hydrogen (secondary N) is 2. The van der Waals surface area contributed by atoms with Gasteiger partial charge in [-0.2, -0.15) is 0 Å². The van der Waals surface area contributed by atoms with Gasteiger partial charge in [0.15, 0.2) is 0 Å². The smallest absolute Gasteiger partial charge is 0.329 e. The Bertz CT molecular complexity index is 544. The number of rotatable bonds is 3. The minimum absolute atomic E-state index is 0.300. The minimum Gasteiger partial charge on any atom is -0.480 e. The molecule has 1 fully saturated rings. The lowest BCUT2D eigenvalue weighted by molar-refractivity contribution is -0.146. The van der Waals surface area contributed by atoms with Crippen LogP contribution < -0.4 is 10.6 Å². The molecule has 1 aromatic carbocycles. The van der Waals surface area contributed by atoms with E-state index in [1.54, 1.807) is 6.07 Å². The van der Waals surface area contributed by atoms with Gasteiger partial charge in [-0.15, -0.1) is 0 Å². The molecule has 5 nitrogen and oxygen atoms in total. The van der Waals surface area contributed by atoms with Gasteiger partial charge < -0.3 is 15.7 Å². The molecule has 0 radical (unpaired) electrons. The van der Waals surface area contributed by atoms with Crippen molar-refractivity contribution in [3.8, 4) is 0 Å². The molecule has 0 bridgehead atoms. The third-order valence-electron chi connectivity index (χ3n) is 4.04. The van der Waals surface area contributed by atoms with Crippen LogP contribution >= 0.6 is 0 Å². The summed E-state index contributed by atoms with van der Waals surface area (Å²) in [5.41, 5.74) is 0.551. The molecule has 0 saturated heterocycles. The SMILES string of the molecule is Cc1cccc(NC(=O)NC2(C(=O)O)CCCC(C)C2)c1. The molecule has 5 heteroatoms. The van der Waals surface area contributed by atoms with Gasteiger partial charge in [0.25, 0.3) is 0 Å². The van der Waals surface area contributed by atoms with Gasteiger partial charge in [-0.1, -0.05) is 31.9 Å². The number of hydrogen-bond acceptors (Lipinski definition) is 2. The van der Waals surface area contributed by atoms with Gasteiger partial charge >= 0.3 is 12.0 Å². The van der Waals surface area contributed by atoms with Gasteiger partial charge in [0.1, 0.15) is 5.54 Å². The molecular formula is C16H22N2O3. The number of carbonyl (C=O) groups excluding carboxylic acids is 1. The highest BCUT2D eigenvalue weighted by Gasteiger charge is 2.43. The van der Waals surface area contributed by atoms with Crippen molar-refractivity contribution in [2.45, 2.75) is 45.1 Å². The third kappa shape index (κ3) is 3.74. The van der Waals surface area contributed by atoms with Crippen molar-refractivity contribution in [3.63, 3.8) is 0 Å². The summed E-state index contributed by atoms with van der Waals surface area (Å²) < 4.78 is 0. The summed E-state index contributed by atoms with van der Waals surface area (Å²) in [6, 6.07) is 6.95. The van der Waals surface area contributed by atoms with E-state index < -0.39 is 17.5 Å². The molecule has 21 heavy (non-hydrogen) atoms. The fraction of sp³-hybridized carbons (Fsp3) is 0.500. The van der Waals surface area contributed by atoms with Gasteiger partial charge in [-0.05, 0) is 43.4 Å². The van der Waals surface area contributed by atoms with Gasteiger partial charge in [0.2, 0.25) is 0 Å². The maximum Gasteiger partial charge on any atom is 0.329 e. The lowest BCUT2D eigenvalue weighted by atomic mass is 9.76. The summed E-state index contributed by atoms with van der Waals surface area (Å²) in [6.45, 7) is 3.96. The number of aryl methyl sites for hydroxylation is 1. The minimum atomic E-state index is -1.15. The second-order valence-corrected chi connectivity index (χ2v) is 6.04. The monoisotopic (exact) mass is 290 g/mol. The van der Waals surface area contributed by atoms with Crippen LogP contribution in [0, 0.1) is 12.8 Å². The van der Waals surface area contributed by atoms with Crippen molar-refractivity contribution in [2.75, 3.05) is 5.32 Å². The number of amides is 2. The van der Waals surface area contributed by atoms with E-state index in [0.717, 1.165) is 18.4 Å². The van der Waals surface area contributed by atoms with Crippen LogP contribution in [0.2, 0.25) is 0 Å². The van der Waals surface area contributed by atoms with Gasteiger partial charge in [-0.3, -0.25) is 0 Å². The quantitative estimate of drug-likeness (QED) is 0.800. The molecule has 0 aliphatic heterocycles. The van der Waals surface area contributed by atoms with Gasteiger partial charge in [0.05, 0.1) is 0 Å². The van der Waals surface area contributed by atoms with Crippen molar-refractivity contribution in [1.82, 2.24) is 5.32 Å². The van der Waals surface area contributed by atoms with E-state index in [0.29, 0.717) is 24.4 Å². The third-order valence-corrected chi connectivity index (χ3v) is 4.04. The molecule has 0 aromatic heterocycles. The van der Waals surface area contributed by atoms with Crippen LogP contribution in [0.1, 0.15) is 38.2 Å². The molecule has 1 saturated carbocycles. The first kappa shape index (κ1) is 15.4. The van der Waals surface area contributed by atoms with E-state index in [4.69, 9.17) is 0 Å². The standard InChI is InChI=1S/C16H22N2O3/c1-11-5-3-7-13(9-11)17-15(21)18-16(14(19)20)8-4-6-12(2)10-16/h3,5,7,9,12H,4,6,8,10H2,1-2H3,(H,19,20)(H2,17,18,21). The van der Waals surface area contributed by atoms with Crippen LogP contribution in [0.3, 0.4) is 0 Å². The maximum atomic E-state index is 12.1. The average molecular weight is 290 g/mol. The Hall–Kier alpha value is -2.04. The number of carboxylic acids is 1. The highest BCUT2D eigenvalue weighted by Crippen LogP contribution is 2.32. The molecule has 3 N–H and O–H groups in total. The Kier molecular flexibility index (Phi) is 4.50. The Morgan fingerprint density at radius 2 is 2.14 bits per heavy atom. The lowest BCUT2D eigenvalue weighted by Crippen LogP contribution is -2.57. The van der Waals surface area contributed by atoms with Crippen LogP contribution in [0.25, 0.3) is 0 Å². The summed E-state index contributed by atoms with van der Waals surface area (Å²) in [4.78, 5) is 23.7. The zero-order chi connectivity index (χ0) is 15.5. The van der Waals surface area contributed by atoms with Gasteiger partial charge in [0, 0.05) is 5.69 Å². The second-order valence-electron chi connectivity index (χ2n) is 6.04. The Morgan fingerprint density at radius 3 is 2.76 bits per heavy atom. The Labute approximate surface area is 124 Å². The first-order valence-electron chi connectivity index (χ1n) is 7.30. The van der Waals surface area contributed by atoms with Crippen LogP contribution in [0.4, 0.5) is 10.5 Å². The molecule has 2 unspecified atom stereocenters. The highest BCUT2D eigenvalue weighted by atomic mass is 16.4. The van der Waals surface area contributed by atoms with E-state index in [-0.39, 0.29) is 0 Å². The molecule has 2 rings (SSSR count). The van der Waals surface area contributed by atoms with Crippen LogP contribution in [0.5, 0.6) is 0 Å². The summed E-state index contributed by atoms with van der Waals surface area (Å²) >= 11 is 0. The fourth-order valence-corrected chi connectivity index (χ4v) is 3.02. The number of hydrogen-bond donors (Lipinski definition) is 3. The fourth-order valence-electron chi connectivity index (χ4n) is 3.02. The largest absolute Gasteiger partial charge is 0.480 e. The second kappa shape index (κ2) is 6.16.